The Bertz CT molecular complexity index is 1230. The number of anilines is 2. The molecule has 2 heterocycles. The fourth-order valence-corrected chi connectivity index (χ4v) is 6.43. The topological polar surface area (TPSA) is 105 Å². The summed E-state index contributed by atoms with van der Waals surface area (Å²) in [5.41, 5.74) is 2.68. The number of rotatable bonds is 4. The summed E-state index contributed by atoms with van der Waals surface area (Å²) >= 11 is 3.46. The van der Waals surface area contributed by atoms with Gasteiger partial charge in [0.05, 0.1) is 22.2 Å². The Balaban J connectivity index is 1.54. The zero-order valence-corrected chi connectivity index (χ0v) is 21.0. The molecule has 0 spiro atoms. The summed E-state index contributed by atoms with van der Waals surface area (Å²) in [6, 6.07) is 8.71. The van der Waals surface area contributed by atoms with Gasteiger partial charge in [-0.2, -0.15) is 4.31 Å². The van der Waals surface area contributed by atoms with E-state index in [1.165, 1.54) is 10.4 Å². The molecule has 0 radical (unpaired) electrons. The zero-order chi connectivity index (χ0) is 23.9. The van der Waals surface area contributed by atoms with Crippen molar-refractivity contribution in [2.45, 2.75) is 44.6 Å². The Kier molecular flexibility index (Phi) is 6.52. The molecule has 2 aromatic rings. The highest BCUT2D eigenvalue weighted by Gasteiger charge is 2.35. The van der Waals surface area contributed by atoms with E-state index in [0.717, 1.165) is 10.0 Å². The molecule has 176 valence electrons. The number of aryl methyl sites for hydroxylation is 2. The van der Waals surface area contributed by atoms with Gasteiger partial charge in [-0.25, -0.2) is 8.42 Å². The number of hydrogen-bond donors (Lipinski definition) is 2. The van der Waals surface area contributed by atoms with Crippen LogP contribution in [0, 0.1) is 19.8 Å². The van der Waals surface area contributed by atoms with Gasteiger partial charge in [0, 0.05) is 23.6 Å². The fraction of sp³-hybridized carbons (Fsp3) is 0.391. The summed E-state index contributed by atoms with van der Waals surface area (Å²) in [4.78, 5) is 24.9. The molecule has 2 atom stereocenters. The van der Waals surface area contributed by atoms with Crippen LogP contribution in [0.1, 0.15) is 30.9 Å². The number of amides is 2. The first-order valence-corrected chi connectivity index (χ1v) is 13.0. The van der Waals surface area contributed by atoms with Crippen molar-refractivity contribution in [2.24, 2.45) is 5.92 Å². The van der Waals surface area contributed by atoms with E-state index >= 15 is 0 Å². The highest BCUT2D eigenvalue weighted by Crippen LogP contribution is 2.36. The molecule has 0 unspecified atom stereocenters. The van der Waals surface area contributed by atoms with E-state index in [1.807, 2.05) is 25.1 Å². The van der Waals surface area contributed by atoms with E-state index in [1.54, 1.807) is 19.9 Å². The van der Waals surface area contributed by atoms with Crippen molar-refractivity contribution in [3.63, 3.8) is 0 Å². The quantitative estimate of drug-likeness (QED) is 0.619. The molecule has 2 amide bonds. The average Bonchev–Trinajstić information content (AvgIpc) is 2.76. The number of sulfonamides is 1. The van der Waals surface area contributed by atoms with Crippen LogP contribution in [0.15, 0.2) is 39.7 Å². The third-order valence-electron chi connectivity index (χ3n) is 5.96. The van der Waals surface area contributed by atoms with Crippen LogP contribution >= 0.6 is 15.9 Å². The molecule has 2 aliphatic rings. The Morgan fingerprint density at radius 2 is 2.00 bits per heavy atom. The van der Waals surface area contributed by atoms with Gasteiger partial charge in [-0.3, -0.25) is 9.59 Å². The Labute approximate surface area is 201 Å². The Hall–Kier alpha value is -2.43. The average molecular weight is 536 g/mol. The molecule has 2 aromatic carbocycles. The minimum absolute atomic E-state index is 0.0994. The van der Waals surface area contributed by atoms with E-state index in [-0.39, 0.29) is 23.3 Å². The van der Waals surface area contributed by atoms with E-state index in [4.69, 9.17) is 4.74 Å². The van der Waals surface area contributed by atoms with Gasteiger partial charge in [-0.15, -0.1) is 0 Å². The zero-order valence-electron chi connectivity index (χ0n) is 18.6. The van der Waals surface area contributed by atoms with Gasteiger partial charge in [0.1, 0.15) is 5.75 Å². The lowest BCUT2D eigenvalue weighted by molar-refractivity contribution is -0.123. The van der Waals surface area contributed by atoms with Crippen LogP contribution in [0.4, 0.5) is 11.4 Å². The third-order valence-corrected chi connectivity index (χ3v) is 8.63. The van der Waals surface area contributed by atoms with E-state index < -0.39 is 22.0 Å². The van der Waals surface area contributed by atoms with Gasteiger partial charge in [-0.05, 0) is 78.9 Å². The fourth-order valence-electron chi connectivity index (χ4n) is 4.09. The Morgan fingerprint density at radius 1 is 1.24 bits per heavy atom. The maximum absolute atomic E-state index is 13.5. The first kappa shape index (κ1) is 23.7. The lowest BCUT2D eigenvalue weighted by Gasteiger charge is -2.32. The number of fused-ring (bicyclic) bond motifs is 1. The van der Waals surface area contributed by atoms with Gasteiger partial charge in [0.25, 0.3) is 5.91 Å². The lowest BCUT2D eigenvalue weighted by Crippen LogP contribution is -2.44. The first-order valence-electron chi connectivity index (χ1n) is 10.8. The number of benzene rings is 2. The lowest BCUT2D eigenvalue weighted by atomic mass is 9.98. The maximum Gasteiger partial charge on any atom is 0.265 e. The van der Waals surface area contributed by atoms with Crippen molar-refractivity contribution in [1.29, 1.82) is 0 Å². The minimum Gasteiger partial charge on any atom is -0.479 e. The number of nitrogens with one attached hydrogen (secondary N) is 2. The third kappa shape index (κ3) is 4.78. The first-order chi connectivity index (χ1) is 15.6. The predicted molar refractivity (Wildman–Crippen MR) is 129 cm³/mol. The van der Waals surface area contributed by atoms with Crippen LogP contribution in [0.25, 0.3) is 0 Å². The summed E-state index contributed by atoms with van der Waals surface area (Å²) in [7, 11) is -3.86. The SMILES string of the molecule is Cc1ccc(NC(=O)[C@H]2CCCN(S(=O)(=O)c3cc4c(cc3C)NC(=O)[C@@H](C)O4)C2)c(Br)c1. The van der Waals surface area contributed by atoms with E-state index in [9.17, 15) is 18.0 Å². The molecule has 0 saturated carbocycles. The molecule has 0 bridgehead atoms. The van der Waals surface area contributed by atoms with Crippen LogP contribution in [-0.4, -0.2) is 43.7 Å². The number of halogens is 1. The number of piperidine rings is 1. The van der Waals surface area contributed by atoms with Gasteiger partial charge in [-0.1, -0.05) is 6.07 Å². The second kappa shape index (κ2) is 9.08. The van der Waals surface area contributed by atoms with Crippen molar-refractivity contribution in [2.75, 3.05) is 23.7 Å². The van der Waals surface area contributed by atoms with Gasteiger partial charge < -0.3 is 15.4 Å². The molecule has 2 N–H and O–H groups in total. The highest BCUT2D eigenvalue weighted by atomic mass is 79.9. The van der Waals surface area contributed by atoms with Crippen LogP contribution in [-0.2, 0) is 19.6 Å². The molecule has 33 heavy (non-hydrogen) atoms. The number of ether oxygens (including phenoxy) is 1. The summed E-state index contributed by atoms with van der Waals surface area (Å²) in [5, 5.41) is 5.65. The number of carbonyl (C=O) groups excluding carboxylic acids is 2. The normalized spacial score (nSPS) is 21.0. The van der Waals surface area contributed by atoms with Gasteiger partial charge in [0.2, 0.25) is 15.9 Å². The minimum atomic E-state index is -3.86. The predicted octanol–water partition coefficient (Wildman–Crippen LogP) is 3.82. The molecule has 2 aliphatic heterocycles. The summed E-state index contributed by atoms with van der Waals surface area (Å²) in [6.07, 6.45) is 0.483. The molecular formula is C23H26BrN3O5S. The van der Waals surface area contributed by atoms with Gasteiger partial charge >= 0.3 is 0 Å². The molecule has 10 heteroatoms. The molecule has 8 nitrogen and oxygen atoms in total. The van der Waals surface area contributed by atoms with Crippen molar-refractivity contribution >= 4 is 49.1 Å². The summed E-state index contributed by atoms with van der Waals surface area (Å²) in [5.74, 6) is -0.624. The molecule has 0 aromatic heterocycles. The largest absolute Gasteiger partial charge is 0.479 e. The highest BCUT2D eigenvalue weighted by molar-refractivity contribution is 9.10. The summed E-state index contributed by atoms with van der Waals surface area (Å²) < 4.78 is 34.8. The molecule has 1 fully saturated rings. The number of nitrogens with zero attached hydrogens (tertiary/aromatic N) is 1. The van der Waals surface area contributed by atoms with E-state index in [0.29, 0.717) is 42.1 Å². The van der Waals surface area contributed by atoms with E-state index in [2.05, 4.69) is 26.6 Å². The smallest absolute Gasteiger partial charge is 0.265 e. The second-order valence-electron chi connectivity index (χ2n) is 8.54. The second-order valence-corrected chi connectivity index (χ2v) is 11.3. The number of hydrogen-bond acceptors (Lipinski definition) is 5. The van der Waals surface area contributed by atoms with Crippen molar-refractivity contribution in [3.05, 3.63) is 45.9 Å². The standard InChI is InChI=1S/C23H26BrN3O5S/c1-13-6-7-18(17(24)9-13)25-23(29)16-5-4-8-27(12-16)33(30,31)21-11-20-19(10-14(21)2)26-22(28)15(3)32-20/h6-7,9-11,15-16H,4-5,8,12H2,1-3H3,(H,25,29)(H,26,28)/t15-,16+/m1/s1. The summed E-state index contributed by atoms with van der Waals surface area (Å²) in [6.45, 7) is 5.68. The van der Waals surface area contributed by atoms with Crippen LogP contribution in [0.5, 0.6) is 5.75 Å². The molecule has 0 aliphatic carbocycles. The van der Waals surface area contributed by atoms with Crippen molar-refractivity contribution < 1.29 is 22.7 Å². The molecule has 1 saturated heterocycles. The maximum atomic E-state index is 13.5. The van der Waals surface area contributed by atoms with Crippen molar-refractivity contribution in [1.82, 2.24) is 4.31 Å². The van der Waals surface area contributed by atoms with Crippen LogP contribution in [0.2, 0.25) is 0 Å². The Morgan fingerprint density at radius 3 is 2.73 bits per heavy atom. The van der Waals surface area contributed by atoms with Gasteiger partial charge in [0.15, 0.2) is 6.10 Å². The monoisotopic (exact) mass is 535 g/mol. The molecular weight excluding hydrogens is 510 g/mol. The van der Waals surface area contributed by atoms with Crippen molar-refractivity contribution in [3.8, 4) is 5.75 Å². The van der Waals surface area contributed by atoms with Crippen LogP contribution < -0.4 is 15.4 Å². The van der Waals surface area contributed by atoms with Crippen LogP contribution in [0.3, 0.4) is 0 Å². The number of carbonyl (C=O) groups is 2. The molecule has 4 rings (SSSR count).